The molecule has 2 unspecified atom stereocenters. The van der Waals surface area contributed by atoms with Gasteiger partial charge in [-0.15, -0.1) is 0 Å². The van der Waals surface area contributed by atoms with Crippen molar-refractivity contribution >= 4 is 17.9 Å². The molecule has 0 rings (SSSR count). The minimum atomic E-state index is -0.764. The molecule has 0 aliphatic heterocycles. The molecule has 6 heteroatoms. The van der Waals surface area contributed by atoms with Gasteiger partial charge >= 0.3 is 17.9 Å². The van der Waals surface area contributed by atoms with Crippen LogP contribution >= 0.6 is 0 Å². The zero-order chi connectivity index (χ0) is 49.1. The summed E-state index contributed by atoms with van der Waals surface area (Å²) < 4.78 is 16.9. The number of rotatable bonds is 54. The molecule has 6 nitrogen and oxygen atoms in total. The molecular formula is C61H118O6. The molecule has 0 radical (unpaired) electrons. The molecule has 0 N–H and O–H groups in total. The summed E-state index contributed by atoms with van der Waals surface area (Å²) in [6.45, 7) is 13.8. The number of carbonyl (C=O) groups excluding carboxylic acids is 3. The summed E-state index contributed by atoms with van der Waals surface area (Å²) >= 11 is 0. The van der Waals surface area contributed by atoms with E-state index < -0.39 is 6.10 Å². The standard InChI is InChI=1S/C61H118O6/c1-7-56(5)48-42-36-29-25-21-17-13-11-9-10-12-14-19-23-27-31-38-44-50-59(62)65-53-58(54-66-60(63)51-45-39-34-33-35-41-47-55(3)4)67-61(64)52-46-40-32-28-24-20-16-15-18-22-26-30-37-43-49-57(6)8-2/h55-58H,7-54H2,1-6H3/t56?,57?,58-/m1/s1. The summed E-state index contributed by atoms with van der Waals surface area (Å²) in [5, 5.41) is 0. The van der Waals surface area contributed by atoms with E-state index in [4.69, 9.17) is 14.2 Å². The first kappa shape index (κ1) is 65.4. The van der Waals surface area contributed by atoms with Gasteiger partial charge in [-0.1, -0.05) is 298 Å². The van der Waals surface area contributed by atoms with Crippen molar-refractivity contribution in [1.29, 1.82) is 0 Å². The van der Waals surface area contributed by atoms with Crippen molar-refractivity contribution in [2.75, 3.05) is 13.2 Å². The first-order valence-corrected chi connectivity index (χ1v) is 30.2. The van der Waals surface area contributed by atoms with Gasteiger partial charge in [-0.2, -0.15) is 0 Å². The summed E-state index contributed by atoms with van der Waals surface area (Å²) in [6, 6.07) is 0. The van der Waals surface area contributed by atoms with Crippen molar-refractivity contribution < 1.29 is 28.6 Å². The summed E-state index contributed by atoms with van der Waals surface area (Å²) in [5.74, 6) is 1.72. The van der Waals surface area contributed by atoms with Gasteiger partial charge in [0, 0.05) is 19.3 Å². The molecule has 67 heavy (non-hydrogen) atoms. The molecule has 0 aliphatic carbocycles. The summed E-state index contributed by atoms with van der Waals surface area (Å²) in [7, 11) is 0. The highest BCUT2D eigenvalue weighted by atomic mass is 16.6. The molecule has 0 aromatic heterocycles. The number of hydrogen-bond acceptors (Lipinski definition) is 6. The van der Waals surface area contributed by atoms with Crippen molar-refractivity contribution in [3.05, 3.63) is 0 Å². The molecule has 0 fully saturated rings. The average molecular weight is 948 g/mol. The number of esters is 3. The normalized spacial score (nSPS) is 12.9. The van der Waals surface area contributed by atoms with Crippen LogP contribution in [0.4, 0.5) is 0 Å². The number of unbranched alkanes of at least 4 members (excludes halogenated alkanes) is 35. The highest BCUT2D eigenvalue weighted by Gasteiger charge is 2.19. The Balaban J connectivity index is 4.18. The molecule has 0 aromatic rings. The van der Waals surface area contributed by atoms with E-state index in [-0.39, 0.29) is 31.1 Å². The summed E-state index contributed by atoms with van der Waals surface area (Å²) in [6.07, 6.45) is 55.4. The Kier molecular flexibility index (Phi) is 51.0. The maximum atomic E-state index is 12.8. The Labute approximate surface area is 418 Å². The Morgan fingerprint density at radius 3 is 0.776 bits per heavy atom. The van der Waals surface area contributed by atoms with E-state index in [0.29, 0.717) is 19.3 Å². The van der Waals surface area contributed by atoms with Gasteiger partial charge in [0.2, 0.25) is 0 Å². The molecule has 0 heterocycles. The van der Waals surface area contributed by atoms with Crippen LogP contribution in [0.5, 0.6) is 0 Å². The van der Waals surface area contributed by atoms with Crippen molar-refractivity contribution in [1.82, 2.24) is 0 Å². The van der Waals surface area contributed by atoms with Crippen LogP contribution in [0, 0.1) is 17.8 Å². The Bertz CT molecular complexity index is 1040. The lowest BCUT2D eigenvalue weighted by molar-refractivity contribution is -0.167. The predicted molar refractivity (Wildman–Crippen MR) is 289 cm³/mol. The van der Waals surface area contributed by atoms with E-state index in [1.807, 2.05) is 0 Å². The van der Waals surface area contributed by atoms with Gasteiger partial charge in [-0.05, 0) is 37.0 Å². The SMILES string of the molecule is CCC(C)CCCCCCCCCCCCCCCCCCCCC(=O)OC[C@H](COC(=O)CCCCCCCCC(C)C)OC(=O)CCCCCCCCCCCCCCCCC(C)CC. The van der Waals surface area contributed by atoms with Gasteiger partial charge in [0.05, 0.1) is 0 Å². The van der Waals surface area contributed by atoms with Gasteiger partial charge in [-0.25, -0.2) is 0 Å². The lowest BCUT2D eigenvalue weighted by Crippen LogP contribution is -2.30. The molecule has 3 atom stereocenters. The second kappa shape index (κ2) is 52.2. The van der Waals surface area contributed by atoms with Gasteiger partial charge in [0.15, 0.2) is 6.10 Å². The Morgan fingerprint density at radius 1 is 0.299 bits per heavy atom. The highest BCUT2D eigenvalue weighted by molar-refractivity contribution is 5.71. The first-order valence-electron chi connectivity index (χ1n) is 30.2. The number of hydrogen-bond donors (Lipinski definition) is 0. The maximum absolute atomic E-state index is 12.8. The van der Waals surface area contributed by atoms with Gasteiger partial charge in [0.25, 0.3) is 0 Å². The van der Waals surface area contributed by atoms with Crippen LogP contribution in [-0.4, -0.2) is 37.2 Å². The van der Waals surface area contributed by atoms with Crippen LogP contribution in [-0.2, 0) is 28.6 Å². The van der Waals surface area contributed by atoms with E-state index in [1.54, 1.807) is 0 Å². The molecule has 0 aliphatic rings. The van der Waals surface area contributed by atoms with E-state index in [2.05, 4.69) is 41.5 Å². The fourth-order valence-electron chi connectivity index (χ4n) is 9.29. The molecule has 0 spiro atoms. The molecule has 0 saturated heterocycles. The Hall–Kier alpha value is -1.59. The van der Waals surface area contributed by atoms with Gasteiger partial charge in [-0.3, -0.25) is 14.4 Å². The predicted octanol–water partition coefficient (Wildman–Crippen LogP) is 19.9. The molecule has 0 bridgehead atoms. The maximum Gasteiger partial charge on any atom is 0.306 e. The number of ether oxygens (including phenoxy) is 3. The van der Waals surface area contributed by atoms with E-state index in [1.165, 1.54) is 218 Å². The first-order chi connectivity index (χ1) is 32.7. The van der Waals surface area contributed by atoms with Crippen molar-refractivity contribution in [3.8, 4) is 0 Å². The van der Waals surface area contributed by atoms with Crippen molar-refractivity contribution in [3.63, 3.8) is 0 Å². The van der Waals surface area contributed by atoms with E-state index >= 15 is 0 Å². The largest absolute Gasteiger partial charge is 0.462 e. The van der Waals surface area contributed by atoms with Crippen LogP contribution in [0.1, 0.15) is 337 Å². The van der Waals surface area contributed by atoms with E-state index in [9.17, 15) is 14.4 Å². The van der Waals surface area contributed by atoms with Crippen LogP contribution in [0.3, 0.4) is 0 Å². The minimum Gasteiger partial charge on any atom is -0.462 e. The average Bonchev–Trinajstić information content (AvgIpc) is 3.31. The zero-order valence-electron chi connectivity index (χ0n) is 46.2. The third kappa shape index (κ3) is 52.1. The van der Waals surface area contributed by atoms with Crippen molar-refractivity contribution in [2.45, 2.75) is 343 Å². The monoisotopic (exact) mass is 947 g/mol. The fourth-order valence-corrected chi connectivity index (χ4v) is 9.29. The van der Waals surface area contributed by atoms with E-state index in [0.717, 1.165) is 75.5 Å². The molecule has 0 saturated carbocycles. The number of carbonyl (C=O) groups is 3. The molecule has 398 valence electrons. The zero-order valence-corrected chi connectivity index (χ0v) is 46.2. The molecular weight excluding hydrogens is 829 g/mol. The van der Waals surface area contributed by atoms with Crippen molar-refractivity contribution in [2.24, 2.45) is 17.8 Å². The van der Waals surface area contributed by atoms with Crippen LogP contribution in [0.25, 0.3) is 0 Å². The molecule has 0 amide bonds. The third-order valence-electron chi connectivity index (χ3n) is 14.6. The Morgan fingerprint density at radius 2 is 0.522 bits per heavy atom. The van der Waals surface area contributed by atoms with Crippen LogP contribution in [0.15, 0.2) is 0 Å². The third-order valence-corrected chi connectivity index (χ3v) is 14.6. The fraction of sp³-hybridized carbons (Fsp3) is 0.951. The summed E-state index contributed by atoms with van der Waals surface area (Å²) in [5.41, 5.74) is 0. The highest BCUT2D eigenvalue weighted by Crippen LogP contribution is 2.19. The second-order valence-corrected chi connectivity index (χ2v) is 21.9. The van der Waals surface area contributed by atoms with Crippen LogP contribution in [0.2, 0.25) is 0 Å². The van der Waals surface area contributed by atoms with Gasteiger partial charge < -0.3 is 14.2 Å². The second-order valence-electron chi connectivity index (χ2n) is 21.9. The minimum absolute atomic E-state index is 0.0641. The quantitative estimate of drug-likeness (QED) is 0.0343. The van der Waals surface area contributed by atoms with Crippen LogP contribution < -0.4 is 0 Å². The summed E-state index contributed by atoms with van der Waals surface area (Å²) in [4.78, 5) is 38.1. The topological polar surface area (TPSA) is 78.9 Å². The lowest BCUT2D eigenvalue weighted by Gasteiger charge is -2.18. The van der Waals surface area contributed by atoms with Gasteiger partial charge in [0.1, 0.15) is 13.2 Å². The smallest absolute Gasteiger partial charge is 0.306 e. The molecule has 0 aromatic carbocycles. The lowest BCUT2D eigenvalue weighted by atomic mass is 9.99.